The Kier molecular flexibility index (Phi) is 6.97. The second-order valence-corrected chi connectivity index (χ2v) is 8.13. The SMILES string of the molecule is CC[C@@H](C)NC(=O)CN1CN(c2ccccc2)C2(CCN(C(=O)COC)CC2)C1=O. The van der Waals surface area contributed by atoms with E-state index < -0.39 is 5.54 Å². The van der Waals surface area contributed by atoms with Gasteiger partial charge in [-0.25, -0.2) is 0 Å². The topological polar surface area (TPSA) is 82.2 Å². The molecule has 0 aromatic heterocycles. The van der Waals surface area contributed by atoms with Crippen LogP contribution in [0.4, 0.5) is 5.69 Å². The van der Waals surface area contributed by atoms with Crippen LogP contribution in [0.25, 0.3) is 0 Å². The molecule has 3 amide bonds. The third kappa shape index (κ3) is 4.43. The average Bonchev–Trinajstić information content (AvgIpc) is 3.01. The van der Waals surface area contributed by atoms with E-state index >= 15 is 0 Å². The second-order valence-electron chi connectivity index (χ2n) is 8.13. The summed E-state index contributed by atoms with van der Waals surface area (Å²) in [5, 5.41) is 2.94. The maximum atomic E-state index is 13.5. The van der Waals surface area contributed by atoms with E-state index in [2.05, 4.69) is 10.2 Å². The molecule has 2 aliphatic rings. The molecule has 1 aromatic rings. The smallest absolute Gasteiger partial charge is 0.250 e. The molecular weight excluding hydrogens is 384 g/mol. The monoisotopic (exact) mass is 416 g/mol. The summed E-state index contributed by atoms with van der Waals surface area (Å²) in [5.74, 6) is -0.242. The quantitative estimate of drug-likeness (QED) is 0.723. The van der Waals surface area contributed by atoms with E-state index in [1.165, 1.54) is 7.11 Å². The van der Waals surface area contributed by atoms with Gasteiger partial charge in [-0.15, -0.1) is 0 Å². The highest BCUT2D eigenvalue weighted by atomic mass is 16.5. The standard InChI is InChI=1S/C22H32N4O4/c1-4-17(2)23-19(27)14-25-16-26(18-8-6-5-7-9-18)22(21(25)29)10-12-24(13-11-22)20(28)15-30-3/h5-9,17H,4,10-16H2,1-3H3,(H,23,27)/t17-/m1/s1. The molecule has 0 aliphatic carbocycles. The number of nitrogens with zero attached hydrogens (tertiary/aromatic N) is 3. The van der Waals surface area contributed by atoms with Gasteiger partial charge in [0.25, 0.3) is 5.91 Å². The van der Waals surface area contributed by atoms with E-state index in [0.29, 0.717) is 32.6 Å². The summed E-state index contributed by atoms with van der Waals surface area (Å²) >= 11 is 0. The molecule has 2 heterocycles. The molecule has 1 atom stereocenters. The lowest BCUT2D eigenvalue weighted by atomic mass is 9.85. The molecule has 2 aliphatic heterocycles. The zero-order valence-corrected chi connectivity index (χ0v) is 18.1. The lowest BCUT2D eigenvalue weighted by molar-refractivity contribution is -0.141. The highest BCUT2D eigenvalue weighted by molar-refractivity contribution is 5.96. The Bertz CT molecular complexity index is 762. The Balaban J connectivity index is 1.79. The van der Waals surface area contributed by atoms with Crippen LogP contribution < -0.4 is 10.2 Å². The van der Waals surface area contributed by atoms with Gasteiger partial charge in [-0.2, -0.15) is 0 Å². The molecule has 3 rings (SSSR count). The molecule has 0 saturated carbocycles. The van der Waals surface area contributed by atoms with Crippen molar-refractivity contribution in [3.05, 3.63) is 30.3 Å². The highest BCUT2D eigenvalue weighted by Gasteiger charge is 2.54. The van der Waals surface area contributed by atoms with Crippen LogP contribution in [0.15, 0.2) is 30.3 Å². The maximum Gasteiger partial charge on any atom is 0.250 e. The number of amides is 3. The molecule has 2 saturated heterocycles. The number of hydrogen-bond donors (Lipinski definition) is 1. The van der Waals surface area contributed by atoms with Crippen molar-refractivity contribution in [1.82, 2.24) is 15.1 Å². The van der Waals surface area contributed by atoms with Gasteiger partial charge in [0.1, 0.15) is 18.7 Å². The first-order valence-electron chi connectivity index (χ1n) is 10.6. The molecule has 1 N–H and O–H groups in total. The number of hydrogen-bond acceptors (Lipinski definition) is 5. The van der Waals surface area contributed by atoms with Crippen LogP contribution in [0.1, 0.15) is 33.1 Å². The normalized spacial score (nSPS) is 19.3. The lowest BCUT2D eigenvalue weighted by Gasteiger charge is -2.43. The van der Waals surface area contributed by atoms with Crippen LogP contribution in [-0.2, 0) is 19.1 Å². The summed E-state index contributed by atoms with van der Waals surface area (Å²) < 4.78 is 4.97. The number of likely N-dealkylation sites (tertiary alicyclic amines) is 1. The molecule has 8 nitrogen and oxygen atoms in total. The van der Waals surface area contributed by atoms with Gasteiger partial charge in [0.05, 0.1) is 6.67 Å². The minimum Gasteiger partial charge on any atom is -0.375 e. The van der Waals surface area contributed by atoms with E-state index in [-0.39, 0.29) is 36.9 Å². The zero-order chi connectivity index (χ0) is 21.7. The van der Waals surface area contributed by atoms with Gasteiger partial charge in [-0.1, -0.05) is 25.1 Å². The first kappa shape index (κ1) is 22.1. The van der Waals surface area contributed by atoms with Crippen molar-refractivity contribution in [2.75, 3.05) is 44.9 Å². The fraction of sp³-hybridized carbons (Fsp3) is 0.591. The average molecular weight is 417 g/mol. The van der Waals surface area contributed by atoms with Gasteiger partial charge >= 0.3 is 0 Å². The maximum absolute atomic E-state index is 13.5. The van der Waals surface area contributed by atoms with Gasteiger partial charge < -0.3 is 24.8 Å². The molecule has 0 radical (unpaired) electrons. The number of carbonyl (C=O) groups is 3. The summed E-state index contributed by atoms with van der Waals surface area (Å²) in [6, 6.07) is 9.88. The first-order chi connectivity index (χ1) is 14.4. The first-order valence-corrected chi connectivity index (χ1v) is 10.6. The number of para-hydroxylation sites is 1. The Morgan fingerprint density at radius 3 is 2.47 bits per heavy atom. The fourth-order valence-electron chi connectivity index (χ4n) is 4.26. The summed E-state index contributed by atoms with van der Waals surface area (Å²) in [4.78, 5) is 43.7. The van der Waals surface area contributed by atoms with Crippen molar-refractivity contribution in [2.24, 2.45) is 0 Å². The Hall–Kier alpha value is -2.61. The number of carbonyl (C=O) groups excluding carboxylic acids is 3. The molecule has 2 fully saturated rings. The molecule has 0 bridgehead atoms. The predicted molar refractivity (Wildman–Crippen MR) is 114 cm³/mol. The molecule has 30 heavy (non-hydrogen) atoms. The van der Waals surface area contributed by atoms with Crippen molar-refractivity contribution in [3.63, 3.8) is 0 Å². The van der Waals surface area contributed by atoms with Crippen LogP contribution in [-0.4, -0.2) is 79.1 Å². The summed E-state index contributed by atoms with van der Waals surface area (Å²) in [6.45, 7) is 5.40. The van der Waals surface area contributed by atoms with Gasteiger partial charge in [0.2, 0.25) is 11.8 Å². The Morgan fingerprint density at radius 1 is 1.20 bits per heavy atom. The summed E-state index contributed by atoms with van der Waals surface area (Å²) in [7, 11) is 1.50. The molecule has 0 unspecified atom stereocenters. The van der Waals surface area contributed by atoms with Gasteiger partial charge in [-0.05, 0) is 38.3 Å². The van der Waals surface area contributed by atoms with Crippen molar-refractivity contribution in [2.45, 2.75) is 44.7 Å². The minimum atomic E-state index is -0.734. The number of piperidine rings is 1. The van der Waals surface area contributed by atoms with E-state index in [1.807, 2.05) is 44.2 Å². The van der Waals surface area contributed by atoms with Gasteiger partial charge in [0, 0.05) is 31.9 Å². The van der Waals surface area contributed by atoms with Crippen LogP contribution >= 0.6 is 0 Å². The molecule has 1 spiro atoms. The molecular formula is C22H32N4O4. The number of anilines is 1. The van der Waals surface area contributed by atoms with Gasteiger partial charge in [0.15, 0.2) is 0 Å². The van der Waals surface area contributed by atoms with Crippen LogP contribution in [0.2, 0.25) is 0 Å². The number of nitrogens with one attached hydrogen (secondary N) is 1. The van der Waals surface area contributed by atoms with Crippen molar-refractivity contribution in [3.8, 4) is 0 Å². The van der Waals surface area contributed by atoms with Crippen LogP contribution in [0, 0.1) is 0 Å². The highest BCUT2D eigenvalue weighted by Crippen LogP contribution is 2.39. The van der Waals surface area contributed by atoms with Gasteiger partial charge in [-0.3, -0.25) is 14.4 Å². The van der Waals surface area contributed by atoms with Crippen molar-refractivity contribution >= 4 is 23.4 Å². The van der Waals surface area contributed by atoms with Crippen molar-refractivity contribution < 1.29 is 19.1 Å². The Labute approximate surface area is 178 Å². The van der Waals surface area contributed by atoms with E-state index in [9.17, 15) is 14.4 Å². The predicted octanol–water partition coefficient (Wildman–Crippen LogP) is 1.22. The third-order valence-electron chi connectivity index (χ3n) is 6.15. The molecule has 8 heteroatoms. The number of benzene rings is 1. The lowest BCUT2D eigenvalue weighted by Crippen LogP contribution is -2.57. The third-order valence-corrected chi connectivity index (χ3v) is 6.15. The largest absolute Gasteiger partial charge is 0.375 e. The summed E-state index contributed by atoms with van der Waals surface area (Å²) in [6.07, 6.45) is 1.89. The van der Waals surface area contributed by atoms with Crippen LogP contribution in [0.3, 0.4) is 0 Å². The minimum absolute atomic E-state index is 0.0375. The Morgan fingerprint density at radius 2 is 1.87 bits per heavy atom. The molecule has 1 aromatic carbocycles. The van der Waals surface area contributed by atoms with Crippen molar-refractivity contribution in [1.29, 1.82) is 0 Å². The van der Waals surface area contributed by atoms with E-state index in [4.69, 9.17) is 4.74 Å². The van der Waals surface area contributed by atoms with E-state index in [1.54, 1.807) is 9.80 Å². The number of rotatable bonds is 7. The molecule has 164 valence electrons. The number of ether oxygens (including phenoxy) is 1. The second kappa shape index (κ2) is 9.47. The van der Waals surface area contributed by atoms with E-state index in [0.717, 1.165) is 12.1 Å². The van der Waals surface area contributed by atoms with Crippen LogP contribution in [0.5, 0.6) is 0 Å². The summed E-state index contributed by atoms with van der Waals surface area (Å²) in [5.41, 5.74) is 0.217. The number of methoxy groups -OCH3 is 1. The fourth-order valence-corrected chi connectivity index (χ4v) is 4.26. The zero-order valence-electron chi connectivity index (χ0n) is 18.1.